The molecule has 0 aromatic heterocycles. The Balaban J connectivity index is 1.84. The van der Waals surface area contributed by atoms with Gasteiger partial charge in [0.25, 0.3) is 11.8 Å². The van der Waals surface area contributed by atoms with E-state index in [4.69, 9.17) is 11.6 Å². The van der Waals surface area contributed by atoms with Crippen LogP contribution in [0.2, 0.25) is 5.02 Å². The molecule has 1 aliphatic heterocycles. The Morgan fingerprint density at radius 3 is 2.53 bits per heavy atom. The van der Waals surface area contributed by atoms with E-state index in [1.165, 1.54) is 5.01 Å². The number of nitrogens with one attached hydrogen (secondary N) is 1. The molecule has 2 aromatic carbocycles. The Morgan fingerprint density at radius 2 is 1.87 bits per heavy atom. The van der Waals surface area contributed by atoms with Crippen LogP contribution in [0.1, 0.15) is 12.5 Å². The molecule has 2 aromatic rings. The molecule has 1 N–H and O–H groups in total. The summed E-state index contributed by atoms with van der Waals surface area (Å²) in [5.74, 6) is -0.337. The molecule has 0 fully saturated rings. The number of rotatable bonds is 7. The fraction of sp³-hybridized carbons (Fsp3) is 0.318. The minimum Gasteiger partial charge on any atom is -0.330 e. The average Bonchev–Trinajstić information content (AvgIpc) is 2.73. The lowest BCUT2D eigenvalue weighted by molar-refractivity contribution is -0.125. The van der Waals surface area contributed by atoms with E-state index in [9.17, 15) is 9.59 Å². The number of benzene rings is 2. The van der Waals surface area contributed by atoms with Gasteiger partial charge in [0.1, 0.15) is 6.04 Å². The molecule has 1 unspecified atom stereocenters. The summed E-state index contributed by atoms with van der Waals surface area (Å²) in [5, 5.41) is 2.00. The fourth-order valence-electron chi connectivity index (χ4n) is 3.08. The number of amides is 2. The predicted molar refractivity (Wildman–Crippen MR) is 119 cm³/mol. The molecule has 0 spiro atoms. The maximum absolute atomic E-state index is 13.4. The Morgan fingerprint density at radius 1 is 1.13 bits per heavy atom. The number of amidine groups is 1. The zero-order valence-electron chi connectivity index (χ0n) is 17.4. The first kappa shape index (κ1) is 21.8. The Labute approximate surface area is 181 Å². The van der Waals surface area contributed by atoms with Gasteiger partial charge in [0, 0.05) is 24.7 Å². The van der Waals surface area contributed by atoms with Crippen LogP contribution in [-0.2, 0) is 16.1 Å². The first-order valence-electron chi connectivity index (χ1n) is 9.77. The van der Waals surface area contributed by atoms with Crippen molar-refractivity contribution in [2.75, 3.05) is 32.2 Å². The van der Waals surface area contributed by atoms with Gasteiger partial charge in [-0.2, -0.15) is 0 Å². The molecule has 7 nitrogen and oxygen atoms in total. The molecule has 30 heavy (non-hydrogen) atoms. The highest BCUT2D eigenvalue weighted by molar-refractivity contribution is 6.39. The monoisotopic (exact) mass is 427 g/mol. The van der Waals surface area contributed by atoms with E-state index in [1.807, 2.05) is 55.4 Å². The topological polar surface area (TPSA) is 68.2 Å². The van der Waals surface area contributed by atoms with E-state index in [0.717, 1.165) is 5.56 Å². The third-order valence-corrected chi connectivity index (χ3v) is 4.94. The van der Waals surface area contributed by atoms with Gasteiger partial charge in [0.15, 0.2) is 0 Å². The summed E-state index contributed by atoms with van der Waals surface area (Å²) in [4.78, 5) is 34.0. The van der Waals surface area contributed by atoms with Gasteiger partial charge in [-0.3, -0.25) is 15.0 Å². The van der Waals surface area contributed by atoms with Crippen molar-refractivity contribution in [1.29, 1.82) is 0 Å². The van der Waals surface area contributed by atoms with Crippen LogP contribution >= 0.6 is 11.6 Å². The highest BCUT2D eigenvalue weighted by Crippen LogP contribution is 2.17. The zero-order valence-corrected chi connectivity index (χ0v) is 18.1. The number of para-hydroxylation sites is 1. The molecule has 0 bridgehead atoms. The van der Waals surface area contributed by atoms with Gasteiger partial charge in [0.05, 0.1) is 5.69 Å². The summed E-state index contributed by atoms with van der Waals surface area (Å²) >= 11 is 6.11. The molecule has 1 aliphatic rings. The number of likely N-dealkylation sites (N-methyl/N-ethyl adjacent to an activating group) is 1. The summed E-state index contributed by atoms with van der Waals surface area (Å²) in [7, 11) is 3.91. The van der Waals surface area contributed by atoms with Crippen molar-refractivity contribution in [2.45, 2.75) is 19.5 Å². The third kappa shape index (κ3) is 5.37. The number of anilines is 1. The quantitative estimate of drug-likeness (QED) is 0.737. The normalized spacial score (nSPS) is 16.3. The standard InChI is InChI=1S/C22H26ClN5O2/c1-16-21(29)28(19-10-5-4-6-11-19)25-20(24-16)22(30)27(13-12-26(2)3)15-17-8-7-9-18(23)14-17/h4-11,14,16H,12-13,15H2,1-3H3,(H,24,25). The number of hydrogen-bond acceptors (Lipinski definition) is 5. The minimum absolute atomic E-state index is 0.145. The van der Waals surface area contributed by atoms with Gasteiger partial charge in [-0.15, -0.1) is 0 Å². The number of hydrogen-bond donors (Lipinski definition) is 1. The van der Waals surface area contributed by atoms with Crippen LogP contribution in [0.15, 0.2) is 59.6 Å². The van der Waals surface area contributed by atoms with Crippen LogP contribution in [0.25, 0.3) is 0 Å². The fourth-order valence-corrected chi connectivity index (χ4v) is 3.29. The Bertz CT molecular complexity index is 932. The number of aliphatic imine (C=N–C) groups is 1. The number of hydrazine groups is 1. The first-order chi connectivity index (χ1) is 14.3. The molecule has 2 amide bonds. The molecule has 3 rings (SSSR count). The highest BCUT2D eigenvalue weighted by atomic mass is 35.5. The lowest BCUT2D eigenvalue weighted by atomic mass is 10.2. The van der Waals surface area contributed by atoms with Crippen LogP contribution in [-0.4, -0.2) is 60.7 Å². The van der Waals surface area contributed by atoms with E-state index in [2.05, 4.69) is 10.4 Å². The number of halogens is 1. The summed E-state index contributed by atoms with van der Waals surface area (Å²) < 4.78 is 0. The smallest absolute Gasteiger partial charge is 0.291 e. The average molecular weight is 428 g/mol. The molecular formula is C22H26ClN5O2. The molecule has 8 heteroatoms. The van der Waals surface area contributed by atoms with Gasteiger partial charge >= 0.3 is 0 Å². The summed E-state index contributed by atoms with van der Waals surface area (Å²) in [6.07, 6.45) is 0. The molecule has 0 aliphatic carbocycles. The van der Waals surface area contributed by atoms with E-state index in [-0.39, 0.29) is 17.6 Å². The van der Waals surface area contributed by atoms with Crippen molar-refractivity contribution in [3.05, 3.63) is 65.2 Å². The summed E-state index contributed by atoms with van der Waals surface area (Å²) in [5.41, 5.74) is 4.50. The maximum atomic E-state index is 13.4. The molecular weight excluding hydrogens is 402 g/mol. The highest BCUT2D eigenvalue weighted by Gasteiger charge is 2.32. The van der Waals surface area contributed by atoms with Gasteiger partial charge in [-0.05, 0) is 50.8 Å². The molecule has 0 saturated carbocycles. The third-order valence-electron chi connectivity index (χ3n) is 4.70. The van der Waals surface area contributed by atoms with E-state index >= 15 is 0 Å². The Hall–Kier alpha value is -2.90. The van der Waals surface area contributed by atoms with Crippen LogP contribution in [0.3, 0.4) is 0 Å². The number of carbonyl (C=O) groups is 2. The first-order valence-corrected chi connectivity index (χ1v) is 10.1. The van der Waals surface area contributed by atoms with Gasteiger partial charge in [-0.25, -0.2) is 10.0 Å². The predicted octanol–water partition coefficient (Wildman–Crippen LogP) is 2.57. The van der Waals surface area contributed by atoms with Crippen molar-refractivity contribution in [1.82, 2.24) is 15.2 Å². The van der Waals surface area contributed by atoms with Crippen molar-refractivity contribution >= 4 is 34.9 Å². The molecule has 1 atom stereocenters. The van der Waals surface area contributed by atoms with Gasteiger partial charge in [0.2, 0.25) is 5.84 Å². The molecule has 1 heterocycles. The molecule has 158 valence electrons. The van der Waals surface area contributed by atoms with E-state index in [0.29, 0.717) is 30.3 Å². The van der Waals surface area contributed by atoms with Crippen LogP contribution in [0, 0.1) is 0 Å². The van der Waals surface area contributed by atoms with Crippen LogP contribution in [0.4, 0.5) is 5.69 Å². The summed E-state index contributed by atoms with van der Waals surface area (Å²) in [6, 6.07) is 15.9. The zero-order chi connectivity index (χ0) is 21.7. The minimum atomic E-state index is -0.660. The van der Waals surface area contributed by atoms with Crippen molar-refractivity contribution in [3.63, 3.8) is 0 Å². The lowest BCUT2D eigenvalue weighted by Gasteiger charge is -2.33. The van der Waals surface area contributed by atoms with Gasteiger partial charge in [-0.1, -0.05) is 41.9 Å². The van der Waals surface area contributed by atoms with Crippen molar-refractivity contribution in [3.8, 4) is 0 Å². The van der Waals surface area contributed by atoms with Crippen molar-refractivity contribution < 1.29 is 9.59 Å². The molecule has 0 saturated heterocycles. The number of carbonyl (C=O) groups excluding carboxylic acids is 2. The van der Waals surface area contributed by atoms with Crippen LogP contribution in [0.5, 0.6) is 0 Å². The maximum Gasteiger partial charge on any atom is 0.291 e. The summed E-state index contributed by atoms with van der Waals surface area (Å²) in [6.45, 7) is 3.28. The van der Waals surface area contributed by atoms with E-state index in [1.54, 1.807) is 30.0 Å². The second kappa shape index (κ2) is 9.73. The van der Waals surface area contributed by atoms with E-state index < -0.39 is 6.04 Å². The SMILES string of the molecule is CC1N=C(C(=O)N(CCN(C)C)Cc2cccc(Cl)c2)NN(c2ccccc2)C1=O. The van der Waals surface area contributed by atoms with Crippen molar-refractivity contribution in [2.24, 2.45) is 4.99 Å². The van der Waals surface area contributed by atoms with Gasteiger partial charge < -0.3 is 9.80 Å². The Kier molecular flexibility index (Phi) is 7.07. The second-order valence-corrected chi connectivity index (χ2v) is 7.87. The van der Waals surface area contributed by atoms with Crippen LogP contribution < -0.4 is 10.4 Å². The second-order valence-electron chi connectivity index (χ2n) is 7.43. The lowest BCUT2D eigenvalue weighted by Crippen LogP contribution is -2.58. The molecule has 0 radical (unpaired) electrons. The largest absolute Gasteiger partial charge is 0.330 e. The number of nitrogens with zero attached hydrogens (tertiary/aromatic N) is 4.